The molecule has 1 heterocycles. The summed E-state index contributed by atoms with van der Waals surface area (Å²) < 4.78 is 32.4. The quantitative estimate of drug-likeness (QED) is 0.455. The maximum atomic E-state index is 12.9. The Bertz CT molecular complexity index is 1270. The summed E-state index contributed by atoms with van der Waals surface area (Å²) in [4.78, 5) is 4.58. The van der Waals surface area contributed by atoms with Crippen molar-refractivity contribution in [1.82, 2.24) is 14.4 Å². The van der Waals surface area contributed by atoms with Crippen LogP contribution >= 0.6 is 11.6 Å². The van der Waals surface area contributed by atoms with E-state index in [1.54, 1.807) is 31.3 Å². The second kappa shape index (κ2) is 7.94. The number of rotatable bonds is 6. The molecule has 1 aromatic heterocycles. The van der Waals surface area contributed by atoms with E-state index in [9.17, 15) is 8.42 Å². The zero-order chi connectivity index (χ0) is 20.4. The smallest absolute Gasteiger partial charge is 0.259 e. The summed E-state index contributed by atoms with van der Waals surface area (Å²) in [5.41, 5.74) is 0.644. The SMILES string of the molecule is CN(CCc1noc(-c2ccccc2Cl)n1)S(=O)(=O)c1ccc2ccccc2c1. The molecule has 3 aromatic carbocycles. The van der Waals surface area contributed by atoms with Gasteiger partial charge in [0, 0.05) is 20.0 Å². The zero-order valence-corrected chi connectivity index (χ0v) is 17.2. The van der Waals surface area contributed by atoms with Crippen molar-refractivity contribution in [3.63, 3.8) is 0 Å². The molecule has 0 unspecified atom stereocenters. The molecule has 0 N–H and O–H groups in total. The van der Waals surface area contributed by atoms with Crippen LogP contribution in [-0.4, -0.2) is 36.5 Å². The van der Waals surface area contributed by atoms with E-state index in [0.29, 0.717) is 28.7 Å². The van der Waals surface area contributed by atoms with Gasteiger partial charge in [0.1, 0.15) is 0 Å². The van der Waals surface area contributed by atoms with Crippen LogP contribution in [0.25, 0.3) is 22.2 Å². The highest BCUT2D eigenvalue weighted by Gasteiger charge is 2.22. The standard InChI is InChI=1S/C21H18ClN3O3S/c1-25(29(26,27)17-11-10-15-6-2-3-7-16(15)14-17)13-12-20-23-21(28-24-20)18-8-4-5-9-19(18)22/h2-11,14H,12-13H2,1H3. The van der Waals surface area contributed by atoms with Crippen molar-refractivity contribution in [2.45, 2.75) is 11.3 Å². The monoisotopic (exact) mass is 427 g/mol. The van der Waals surface area contributed by atoms with E-state index in [1.165, 1.54) is 4.31 Å². The molecule has 0 saturated carbocycles. The molecule has 0 aliphatic rings. The van der Waals surface area contributed by atoms with Crippen molar-refractivity contribution in [2.24, 2.45) is 0 Å². The lowest BCUT2D eigenvalue weighted by molar-refractivity contribution is 0.415. The minimum absolute atomic E-state index is 0.219. The largest absolute Gasteiger partial charge is 0.334 e. The number of aromatic nitrogens is 2. The summed E-state index contributed by atoms with van der Waals surface area (Å²) in [6.45, 7) is 0.219. The number of sulfonamides is 1. The molecule has 0 spiro atoms. The van der Waals surface area contributed by atoms with Gasteiger partial charge in [0.2, 0.25) is 10.0 Å². The average molecular weight is 428 g/mol. The minimum Gasteiger partial charge on any atom is -0.334 e. The minimum atomic E-state index is -3.63. The Kier molecular flexibility index (Phi) is 5.36. The Morgan fingerprint density at radius 3 is 2.52 bits per heavy atom. The third kappa shape index (κ3) is 4.03. The number of halogens is 1. The molecule has 8 heteroatoms. The molecule has 0 atom stereocenters. The van der Waals surface area contributed by atoms with Crippen molar-refractivity contribution in [1.29, 1.82) is 0 Å². The molecule has 0 aliphatic heterocycles. The third-order valence-corrected chi connectivity index (χ3v) is 6.83. The van der Waals surface area contributed by atoms with E-state index >= 15 is 0 Å². The molecular formula is C21H18ClN3O3S. The molecule has 29 heavy (non-hydrogen) atoms. The number of nitrogens with zero attached hydrogens (tertiary/aromatic N) is 3. The molecule has 6 nitrogen and oxygen atoms in total. The highest BCUT2D eigenvalue weighted by atomic mass is 35.5. The number of hydrogen-bond donors (Lipinski definition) is 0. The summed E-state index contributed by atoms with van der Waals surface area (Å²) in [6, 6.07) is 19.9. The predicted octanol–water partition coefficient (Wildman–Crippen LogP) is 4.41. The fourth-order valence-electron chi connectivity index (χ4n) is 2.98. The molecule has 0 bridgehead atoms. The van der Waals surface area contributed by atoms with Crippen LogP contribution in [0, 0.1) is 0 Å². The Morgan fingerprint density at radius 2 is 1.72 bits per heavy atom. The van der Waals surface area contributed by atoms with Gasteiger partial charge in [-0.1, -0.05) is 59.2 Å². The fourth-order valence-corrected chi connectivity index (χ4v) is 4.41. The predicted molar refractivity (Wildman–Crippen MR) is 112 cm³/mol. The van der Waals surface area contributed by atoms with E-state index in [2.05, 4.69) is 10.1 Å². The highest BCUT2D eigenvalue weighted by molar-refractivity contribution is 7.89. The summed E-state index contributed by atoms with van der Waals surface area (Å²) >= 11 is 6.15. The number of hydrogen-bond acceptors (Lipinski definition) is 5. The molecule has 4 rings (SSSR count). The third-order valence-electron chi connectivity index (χ3n) is 4.65. The lowest BCUT2D eigenvalue weighted by Gasteiger charge is -2.16. The van der Waals surface area contributed by atoms with Crippen LogP contribution < -0.4 is 0 Å². The Morgan fingerprint density at radius 1 is 1.00 bits per heavy atom. The van der Waals surface area contributed by atoms with Crippen molar-refractivity contribution < 1.29 is 12.9 Å². The van der Waals surface area contributed by atoms with Crippen LogP contribution in [0.3, 0.4) is 0 Å². The number of likely N-dealkylation sites (N-methyl/N-ethyl adjacent to an activating group) is 1. The first-order chi connectivity index (χ1) is 13.9. The Hall–Kier alpha value is -2.74. The van der Waals surface area contributed by atoms with E-state index in [-0.39, 0.29) is 11.4 Å². The summed E-state index contributed by atoms with van der Waals surface area (Å²) in [6.07, 6.45) is 0.317. The normalized spacial score (nSPS) is 12.0. The van der Waals surface area contributed by atoms with Crippen molar-refractivity contribution >= 4 is 32.4 Å². The highest BCUT2D eigenvalue weighted by Crippen LogP contribution is 2.26. The van der Waals surface area contributed by atoms with Crippen molar-refractivity contribution in [3.8, 4) is 11.5 Å². The van der Waals surface area contributed by atoms with Crippen LogP contribution in [0.5, 0.6) is 0 Å². The number of fused-ring (bicyclic) bond motifs is 1. The van der Waals surface area contributed by atoms with Gasteiger partial charge in [-0.3, -0.25) is 0 Å². The average Bonchev–Trinajstić information content (AvgIpc) is 3.20. The lowest BCUT2D eigenvalue weighted by Crippen LogP contribution is -2.29. The first kappa shape index (κ1) is 19.6. The number of benzene rings is 3. The van der Waals surface area contributed by atoms with E-state index < -0.39 is 10.0 Å². The van der Waals surface area contributed by atoms with Crippen LogP contribution in [0.2, 0.25) is 5.02 Å². The first-order valence-corrected chi connectivity index (χ1v) is 10.8. The van der Waals surface area contributed by atoms with Gasteiger partial charge in [-0.25, -0.2) is 12.7 Å². The van der Waals surface area contributed by atoms with Gasteiger partial charge in [-0.05, 0) is 35.0 Å². The van der Waals surface area contributed by atoms with Gasteiger partial charge in [-0.2, -0.15) is 4.98 Å². The van der Waals surface area contributed by atoms with Gasteiger partial charge >= 0.3 is 0 Å². The van der Waals surface area contributed by atoms with Gasteiger partial charge in [0.05, 0.1) is 15.5 Å². The van der Waals surface area contributed by atoms with E-state index in [1.807, 2.05) is 42.5 Å². The topological polar surface area (TPSA) is 76.3 Å². The summed E-state index contributed by atoms with van der Waals surface area (Å²) in [5.74, 6) is 0.728. The summed E-state index contributed by atoms with van der Waals surface area (Å²) in [5, 5.41) is 6.32. The second-order valence-corrected chi connectivity index (χ2v) is 9.03. The fraction of sp³-hybridized carbons (Fsp3) is 0.143. The van der Waals surface area contributed by atoms with Crippen LogP contribution in [0.1, 0.15) is 5.82 Å². The first-order valence-electron chi connectivity index (χ1n) is 8.98. The van der Waals surface area contributed by atoms with E-state index in [4.69, 9.17) is 16.1 Å². The molecule has 0 aliphatic carbocycles. The van der Waals surface area contributed by atoms with Gasteiger partial charge in [-0.15, -0.1) is 0 Å². The maximum absolute atomic E-state index is 12.9. The molecule has 0 fully saturated rings. The molecule has 0 saturated heterocycles. The molecule has 0 radical (unpaired) electrons. The van der Waals surface area contributed by atoms with Crippen LogP contribution in [0.15, 0.2) is 76.1 Å². The Labute approximate surface area is 173 Å². The second-order valence-electron chi connectivity index (χ2n) is 6.58. The molecule has 0 amide bonds. The molecule has 148 valence electrons. The maximum Gasteiger partial charge on any atom is 0.259 e. The van der Waals surface area contributed by atoms with Gasteiger partial charge in [0.15, 0.2) is 5.82 Å². The van der Waals surface area contributed by atoms with Gasteiger partial charge in [0.25, 0.3) is 5.89 Å². The van der Waals surface area contributed by atoms with Gasteiger partial charge < -0.3 is 4.52 Å². The lowest BCUT2D eigenvalue weighted by atomic mass is 10.1. The van der Waals surface area contributed by atoms with E-state index in [0.717, 1.165) is 10.8 Å². The van der Waals surface area contributed by atoms with Crippen LogP contribution in [-0.2, 0) is 16.4 Å². The van der Waals surface area contributed by atoms with Crippen LogP contribution in [0.4, 0.5) is 0 Å². The molecular weight excluding hydrogens is 410 g/mol. The Balaban J connectivity index is 1.49. The zero-order valence-electron chi connectivity index (χ0n) is 15.6. The molecule has 4 aromatic rings. The van der Waals surface area contributed by atoms with Crippen molar-refractivity contribution in [2.75, 3.05) is 13.6 Å². The summed E-state index contributed by atoms with van der Waals surface area (Å²) in [7, 11) is -2.09. The van der Waals surface area contributed by atoms with Crippen molar-refractivity contribution in [3.05, 3.63) is 77.6 Å².